The first kappa shape index (κ1) is 7.19. The van der Waals surface area contributed by atoms with Gasteiger partial charge in [-0.25, -0.2) is 0 Å². The topological polar surface area (TPSA) is 0 Å². The van der Waals surface area contributed by atoms with Crippen LogP contribution in [0.4, 0.5) is 0 Å². The van der Waals surface area contributed by atoms with Crippen LogP contribution in [0.2, 0.25) is 0 Å². The second-order valence-electron chi connectivity index (χ2n) is 1.90. The Labute approximate surface area is 59.5 Å². The Kier molecular flexibility index (Phi) is 3.18. The Bertz CT molecular complexity index is 160. The molecule has 0 aliphatic rings. The summed E-state index contributed by atoms with van der Waals surface area (Å²) < 4.78 is 0. The molecule has 1 unspecified atom stereocenters. The van der Waals surface area contributed by atoms with Crippen LogP contribution < -0.4 is 5.30 Å². The van der Waals surface area contributed by atoms with E-state index in [9.17, 15) is 0 Å². The van der Waals surface area contributed by atoms with Gasteiger partial charge in [-0.05, 0) is 0 Å². The molecule has 50 valence electrons. The van der Waals surface area contributed by atoms with Gasteiger partial charge in [0.25, 0.3) is 0 Å². The summed E-state index contributed by atoms with van der Waals surface area (Å²) in [4.78, 5) is 0. The Hall–Kier alpha value is 0.0800. The van der Waals surface area contributed by atoms with Gasteiger partial charge in [0.15, 0.2) is 0 Å². The molecule has 9 heavy (non-hydrogen) atoms. The predicted octanol–water partition coefficient (Wildman–Crippen LogP) is 1.68. The third kappa shape index (κ3) is 2.43. The fraction of sp³-hybridized carbons (Fsp3) is 0.143. The molecule has 0 heterocycles. The molecule has 0 saturated heterocycles. The van der Waals surface area contributed by atoms with E-state index in [-0.39, 0.29) is 8.27 Å². The van der Waals surface area contributed by atoms with E-state index in [2.05, 4.69) is 37.0 Å². The van der Waals surface area contributed by atoms with Crippen LogP contribution >= 0.6 is 16.5 Å². The van der Waals surface area contributed by atoms with Gasteiger partial charge < -0.3 is 0 Å². The Morgan fingerprint density at radius 3 is 2.44 bits per heavy atom. The van der Waals surface area contributed by atoms with E-state index in [4.69, 9.17) is 0 Å². The van der Waals surface area contributed by atoms with Crippen LogP contribution in [0.15, 0.2) is 30.3 Å². The maximum absolute atomic E-state index is 2.35. The van der Waals surface area contributed by atoms with Crippen molar-refractivity contribution in [1.82, 2.24) is 0 Å². The standard InChI is InChI=1S/C7H12P2/c1-8-9-7-5-3-2-4-6-7/h2-6,9H,1,8H3. The van der Waals surface area contributed by atoms with Crippen LogP contribution in [0.25, 0.3) is 0 Å². The van der Waals surface area contributed by atoms with Crippen molar-refractivity contribution in [3.8, 4) is 0 Å². The van der Waals surface area contributed by atoms with Crippen LogP contribution in [-0.2, 0) is 0 Å². The molecule has 0 amide bonds. The first-order valence-corrected chi connectivity index (χ1v) is 7.96. The normalized spacial score (nSPS) is 11.2. The van der Waals surface area contributed by atoms with Gasteiger partial charge in [0.1, 0.15) is 0 Å². The van der Waals surface area contributed by atoms with E-state index in [1.807, 2.05) is 0 Å². The molecular formula is C7H12P2. The molecule has 0 nitrogen and oxygen atoms in total. The summed E-state index contributed by atoms with van der Waals surface area (Å²) in [6, 6.07) is 10.7. The Balaban J connectivity index is 2.61. The molecule has 0 aromatic heterocycles. The molecule has 1 aromatic rings. The molecule has 0 radical (unpaired) electrons. The minimum absolute atomic E-state index is 0.243. The quantitative estimate of drug-likeness (QED) is 0.574. The maximum atomic E-state index is 2.35. The fourth-order valence-electron chi connectivity index (χ4n) is 0.760. The average molecular weight is 158 g/mol. The molecule has 1 atom stereocenters. The van der Waals surface area contributed by atoms with Crippen molar-refractivity contribution in [2.75, 3.05) is 6.66 Å². The summed E-state index contributed by atoms with van der Waals surface area (Å²) in [5.74, 6) is 0. The van der Waals surface area contributed by atoms with Gasteiger partial charge in [-0.3, -0.25) is 0 Å². The van der Waals surface area contributed by atoms with Gasteiger partial charge >= 0.3 is 58.8 Å². The minimum atomic E-state index is 0.243. The number of hydrogen-bond donors (Lipinski definition) is 0. The van der Waals surface area contributed by atoms with Crippen molar-refractivity contribution in [3.05, 3.63) is 30.3 Å². The number of benzene rings is 1. The van der Waals surface area contributed by atoms with Crippen molar-refractivity contribution in [1.29, 1.82) is 0 Å². The summed E-state index contributed by atoms with van der Waals surface area (Å²) in [6.07, 6.45) is 0. The van der Waals surface area contributed by atoms with Crippen LogP contribution in [0.3, 0.4) is 0 Å². The number of hydrogen-bond acceptors (Lipinski definition) is 0. The summed E-state index contributed by atoms with van der Waals surface area (Å²) in [7, 11) is 1.37. The van der Waals surface area contributed by atoms with E-state index < -0.39 is 0 Å². The van der Waals surface area contributed by atoms with Crippen LogP contribution in [0.5, 0.6) is 0 Å². The number of rotatable bonds is 2. The van der Waals surface area contributed by atoms with Crippen LogP contribution in [0, 0.1) is 0 Å². The summed E-state index contributed by atoms with van der Waals surface area (Å²) in [5, 5.41) is 1.53. The zero-order valence-corrected chi connectivity index (χ0v) is 8.01. The molecule has 0 bridgehead atoms. The summed E-state index contributed by atoms with van der Waals surface area (Å²) >= 11 is 0. The monoisotopic (exact) mass is 158 g/mol. The molecule has 1 aromatic carbocycles. The Morgan fingerprint density at radius 1 is 1.22 bits per heavy atom. The first-order chi connectivity index (χ1) is 4.43. The van der Waals surface area contributed by atoms with Gasteiger partial charge in [-0.15, -0.1) is 0 Å². The zero-order valence-electron chi connectivity index (χ0n) is 5.59. The van der Waals surface area contributed by atoms with Crippen molar-refractivity contribution in [2.24, 2.45) is 0 Å². The molecule has 0 spiro atoms. The van der Waals surface area contributed by atoms with Gasteiger partial charge in [0.05, 0.1) is 0 Å². The summed E-state index contributed by atoms with van der Waals surface area (Å²) in [6.45, 7) is 2.35. The van der Waals surface area contributed by atoms with Crippen molar-refractivity contribution in [3.63, 3.8) is 0 Å². The molecule has 0 fully saturated rings. The Morgan fingerprint density at radius 2 is 1.89 bits per heavy atom. The molecule has 0 aliphatic carbocycles. The molecule has 0 N–H and O–H groups in total. The van der Waals surface area contributed by atoms with Gasteiger partial charge in [-0.1, -0.05) is 0 Å². The van der Waals surface area contributed by atoms with Crippen LogP contribution in [-0.4, -0.2) is 6.66 Å². The van der Waals surface area contributed by atoms with E-state index in [1.165, 1.54) is 5.30 Å². The van der Waals surface area contributed by atoms with Crippen molar-refractivity contribution < 1.29 is 0 Å². The molecule has 1 rings (SSSR count). The molecule has 2 heteroatoms. The zero-order chi connectivity index (χ0) is 6.53. The van der Waals surface area contributed by atoms with Crippen molar-refractivity contribution in [2.45, 2.75) is 0 Å². The second-order valence-corrected chi connectivity index (χ2v) is 6.72. The summed E-state index contributed by atoms with van der Waals surface area (Å²) in [5.41, 5.74) is 0. The van der Waals surface area contributed by atoms with E-state index >= 15 is 0 Å². The van der Waals surface area contributed by atoms with Crippen molar-refractivity contribution >= 4 is 21.8 Å². The van der Waals surface area contributed by atoms with Gasteiger partial charge in [-0.2, -0.15) is 0 Å². The SMILES string of the molecule is C[PH3]Pc1ccccc1. The third-order valence-corrected chi connectivity index (χ3v) is 4.54. The second kappa shape index (κ2) is 3.99. The van der Waals surface area contributed by atoms with Gasteiger partial charge in [0, 0.05) is 0 Å². The first-order valence-electron chi connectivity index (χ1n) is 3.22. The fourth-order valence-corrected chi connectivity index (χ4v) is 3.53. The molecule has 0 saturated carbocycles. The predicted molar refractivity (Wildman–Crippen MR) is 51.4 cm³/mol. The third-order valence-electron chi connectivity index (χ3n) is 1.15. The average Bonchev–Trinajstić information content (AvgIpc) is 1.91. The van der Waals surface area contributed by atoms with E-state index in [0.717, 1.165) is 8.27 Å². The molecular weight excluding hydrogens is 146 g/mol. The van der Waals surface area contributed by atoms with E-state index in [1.54, 1.807) is 0 Å². The molecule has 0 aliphatic heterocycles. The van der Waals surface area contributed by atoms with E-state index in [0.29, 0.717) is 0 Å². The van der Waals surface area contributed by atoms with Gasteiger partial charge in [0.2, 0.25) is 0 Å². The van der Waals surface area contributed by atoms with Crippen LogP contribution in [0.1, 0.15) is 0 Å².